The normalized spacial score (nSPS) is 20.3. The summed E-state index contributed by atoms with van der Waals surface area (Å²) < 4.78 is 34.5. The van der Waals surface area contributed by atoms with Crippen LogP contribution >= 0.6 is 0 Å². The van der Waals surface area contributed by atoms with Crippen LogP contribution in [0.2, 0.25) is 0 Å². The molecule has 7 nitrogen and oxygen atoms in total. The molecule has 2 atom stereocenters. The Hall–Kier alpha value is -2.47. The van der Waals surface area contributed by atoms with Crippen LogP contribution < -0.4 is 10.6 Å². The Morgan fingerprint density at radius 2 is 1.84 bits per heavy atom. The molecular formula is C16H18FN3O4S. The van der Waals surface area contributed by atoms with Gasteiger partial charge >= 0.3 is 10.2 Å². The van der Waals surface area contributed by atoms with Gasteiger partial charge in [0.2, 0.25) is 5.91 Å². The second-order valence-corrected chi connectivity index (χ2v) is 7.16. The maximum Gasteiger partial charge on any atom is 0.332 e. The van der Waals surface area contributed by atoms with E-state index in [1.807, 2.05) is 6.07 Å². The molecule has 0 spiro atoms. The fourth-order valence-electron chi connectivity index (χ4n) is 2.90. The number of nitriles is 1. The number of benzene rings is 1. The number of rotatable bonds is 5. The Labute approximate surface area is 145 Å². The average Bonchev–Trinajstić information content (AvgIpc) is 2.59. The van der Waals surface area contributed by atoms with Gasteiger partial charge in [0, 0.05) is 11.6 Å². The molecule has 2 rings (SSSR count). The summed E-state index contributed by atoms with van der Waals surface area (Å²) in [6, 6.07) is 5.93. The van der Waals surface area contributed by atoms with Crippen LogP contribution in [0, 0.1) is 17.2 Å². The summed E-state index contributed by atoms with van der Waals surface area (Å²) in [6.45, 7) is -0.0881. The van der Waals surface area contributed by atoms with E-state index in [1.165, 1.54) is 12.1 Å². The van der Waals surface area contributed by atoms with Crippen LogP contribution in [0.15, 0.2) is 29.2 Å². The molecule has 0 aliphatic heterocycles. The van der Waals surface area contributed by atoms with Gasteiger partial charge in [0.05, 0.1) is 16.9 Å². The second-order valence-electron chi connectivity index (χ2n) is 5.81. The first-order chi connectivity index (χ1) is 11.8. The van der Waals surface area contributed by atoms with Gasteiger partial charge in [0.25, 0.3) is 5.91 Å². The predicted octanol–water partition coefficient (Wildman–Crippen LogP) is 1.27. The number of nitrogens with zero attached hydrogens (tertiary/aromatic N) is 1. The molecular weight excluding hydrogens is 349 g/mol. The number of halogens is 1. The van der Waals surface area contributed by atoms with Crippen molar-refractivity contribution in [3.63, 3.8) is 0 Å². The van der Waals surface area contributed by atoms with Gasteiger partial charge in [-0.2, -0.15) is 13.7 Å². The van der Waals surface area contributed by atoms with Gasteiger partial charge < -0.3 is 10.6 Å². The summed E-state index contributed by atoms with van der Waals surface area (Å²) in [5.41, 5.74) is 0.175. The first-order valence-corrected chi connectivity index (χ1v) is 9.21. The number of nitrogens with one attached hydrogen (secondary N) is 2. The molecule has 2 unspecified atom stereocenters. The van der Waals surface area contributed by atoms with Crippen molar-refractivity contribution in [2.24, 2.45) is 5.92 Å². The molecule has 2 amide bonds. The molecule has 1 fully saturated rings. The Morgan fingerprint density at radius 1 is 1.20 bits per heavy atom. The zero-order chi connectivity index (χ0) is 18.4. The fourth-order valence-corrected chi connectivity index (χ4v) is 3.36. The molecule has 0 aromatic heterocycles. The van der Waals surface area contributed by atoms with E-state index in [-0.39, 0.29) is 24.1 Å². The molecule has 1 aliphatic carbocycles. The monoisotopic (exact) mass is 367 g/mol. The Balaban J connectivity index is 2.07. The minimum atomic E-state index is -4.81. The van der Waals surface area contributed by atoms with Crippen molar-refractivity contribution in [3.05, 3.63) is 29.8 Å². The Kier molecular flexibility index (Phi) is 6.09. The number of amides is 2. The maximum absolute atomic E-state index is 12.9. The maximum atomic E-state index is 12.9. The van der Waals surface area contributed by atoms with E-state index in [0.29, 0.717) is 12.8 Å². The van der Waals surface area contributed by atoms with Crippen LogP contribution in [-0.2, 0) is 15.0 Å². The summed E-state index contributed by atoms with van der Waals surface area (Å²) >= 11 is 0. The van der Waals surface area contributed by atoms with Crippen molar-refractivity contribution in [1.29, 1.82) is 5.26 Å². The van der Waals surface area contributed by atoms with Crippen LogP contribution in [0.4, 0.5) is 3.89 Å². The lowest BCUT2D eigenvalue weighted by Crippen LogP contribution is -2.48. The summed E-state index contributed by atoms with van der Waals surface area (Å²) in [7, 11) is -4.81. The highest BCUT2D eigenvalue weighted by Gasteiger charge is 2.32. The third kappa shape index (κ3) is 5.00. The molecule has 1 aromatic rings. The van der Waals surface area contributed by atoms with Crippen molar-refractivity contribution in [3.8, 4) is 6.07 Å². The first-order valence-electron chi connectivity index (χ1n) is 7.83. The standard InChI is InChI=1S/C16H18FN3O4S/c17-25(23,24)12-7-5-11(6-8-12)15(21)20-14-4-2-1-3-13(14)16(22)19-10-9-18/h5-8,13-14H,1-4,10H2,(H,19,22)(H,20,21). The highest BCUT2D eigenvalue weighted by atomic mass is 32.3. The molecule has 0 bridgehead atoms. The van der Waals surface area contributed by atoms with Gasteiger partial charge in [-0.25, -0.2) is 0 Å². The SMILES string of the molecule is N#CCNC(=O)C1CCCCC1NC(=O)c1ccc(S(=O)(=O)F)cc1. The molecule has 25 heavy (non-hydrogen) atoms. The highest BCUT2D eigenvalue weighted by Crippen LogP contribution is 2.25. The first kappa shape index (κ1) is 18.9. The summed E-state index contributed by atoms with van der Waals surface area (Å²) in [5, 5.41) is 13.8. The molecule has 1 saturated carbocycles. The van der Waals surface area contributed by atoms with Crippen LogP contribution in [-0.4, -0.2) is 32.8 Å². The molecule has 9 heteroatoms. The number of hydrogen-bond donors (Lipinski definition) is 2. The molecule has 0 radical (unpaired) electrons. The van der Waals surface area contributed by atoms with Crippen molar-refractivity contribution in [2.75, 3.05) is 6.54 Å². The van der Waals surface area contributed by atoms with E-state index in [4.69, 9.17) is 5.26 Å². The molecule has 0 saturated heterocycles. The number of carbonyl (C=O) groups is 2. The number of carbonyl (C=O) groups excluding carboxylic acids is 2. The van der Waals surface area contributed by atoms with Gasteiger partial charge in [0.1, 0.15) is 6.54 Å². The van der Waals surface area contributed by atoms with Gasteiger partial charge in [-0.3, -0.25) is 9.59 Å². The van der Waals surface area contributed by atoms with Crippen LogP contribution in [0.1, 0.15) is 36.0 Å². The Bertz CT molecular complexity index is 787. The van der Waals surface area contributed by atoms with Crippen LogP contribution in [0.5, 0.6) is 0 Å². The smallest absolute Gasteiger partial charge is 0.332 e. The molecule has 134 valence electrons. The van der Waals surface area contributed by atoms with Crippen molar-refractivity contribution in [2.45, 2.75) is 36.6 Å². The van der Waals surface area contributed by atoms with Crippen LogP contribution in [0.3, 0.4) is 0 Å². The van der Waals surface area contributed by atoms with E-state index in [2.05, 4.69) is 10.6 Å². The molecule has 0 heterocycles. The van der Waals surface area contributed by atoms with E-state index in [1.54, 1.807) is 0 Å². The van der Waals surface area contributed by atoms with Gasteiger partial charge in [-0.15, -0.1) is 3.89 Å². The van der Waals surface area contributed by atoms with E-state index in [9.17, 15) is 21.9 Å². The van der Waals surface area contributed by atoms with E-state index < -0.39 is 26.9 Å². The summed E-state index contributed by atoms with van der Waals surface area (Å²) in [6.07, 6.45) is 2.97. The van der Waals surface area contributed by atoms with Gasteiger partial charge in [0.15, 0.2) is 0 Å². The zero-order valence-electron chi connectivity index (χ0n) is 13.4. The fraction of sp³-hybridized carbons (Fsp3) is 0.438. The van der Waals surface area contributed by atoms with Crippen LogP contribution in [0.25, 0.3) is 0 Å². The lowest BCUT2D eigenvalue weighted by molar-refractivity contribution is -0.126. The highest BCUT2D eigenvalue weighted by molar-refractivity contribution is 7.86. The molecule has 1 aliphatic rings. The molecule has 2 N–H and O–H groups in total. The topological polar surface area (TPSA) is 116 Å². The lowest BCUT2D eigenvalue weighted by Gasteiger charge is -2.31. The van der Waals surface area contributed by atoms with Gasteiger partial charge in [-0.1, -0.05) is 12.8 Å². The third-order valence-electron chi connectivity index (χ3n) is 4.16. The average molecular weight is 367 g/mol. The Morgan fingerprint density at radius 3 is 2.44 bits per heavy atom. The van der Waals surface area contributed by atoms with E-state index in [0.717, 1.165) is 25.0 Å². The second kappa shape index (κ2) is 8.07. The van der Waals surface area contributed by atoms with E-state index >= 15 is 0 Å². The third-order valence-corrected chi connectivity index (χ3v) is 4.99. The largest absolute Gasteiger partial charge is 0.349 e. The van der Waals surface area contributed by atoms with Crippen molar-refractivity contribution >= 4 is 22.0 Å². The minimum Gasteiger partial charge on any atom is -0.349 e. The summed E-state index contributed by atoms with van der Waals surface area (Å²) in [5.74, 6) is -1.16. The lowest BCUT2D eigenvalue weighted by atomic mass is 9.83. The van der Waals surface area contributed by atoms with Crippen molar-refractivity contribution < 1.29 is 21.9 Å². The van der Waals surface area contributed by atoms with Crippen molar-refractivity contribution in [1.82, 2.24) is 10.6 Å². The molecule has 1 aromatic carbocycles. The minimum absolute atomic E-state index is 0.0881. The van der Waals surface area contributed by atoms with Gasteiger partial charge in [-0.05, 0) is 37.1 Å². The number of hydrogen-bond acceptors (Lipinski definition) is 5. The summed E-state index contributed by atoms with van der Waals surface area (Å²) in [4.78, 5) is 23.9. The predicted molar refractivity (Wildman–Crippen MR) is 86.6 cm³/mol. The zero-order valence-corrected chi connectivity index (χ0v) is 14.2. The quantitative estimate of drug-likeness (QED) is 0.601.